The van der Waals surface area contributed by atoms with E-state index in [2.05, 4.69) is 10.2 Å². The molecule has 3 rings (SSSR count). The molecule has 0 spiro atoms. The fourth-order valence-corrected chi connectivity index (χ4v) is 2.89. The summed E-state index contributed by atoms with van der Waals surface area (Å²) in [5.41, 5.74) is 5.50. The second-order valence-electron chi connectivity index (χ2n) is 6.03. The van der Waals surface area contributed by atoms with Gasteiger partial charge in [-0.3, -0.25) is 9.59 Å². The van der Waals surface area contributed by atoms with E-state index >= 15 is 0 Å². The van der Waals surface area contributed by atoms with Crippen LogP contribution in [0, 0.1) is 0 Å². The van der Waals surface area contributed by atoms with Gasteiger partial charge in [-0.15, -0.1) is 5.10 Å². The number of H-pyrrole nitrogens is 1. The molecule has 2 heterocycles. The van der Waals surface area contributed by atoms with Crippen molar-refractivity contribution in [1.29, 1.82) is 0 Å². The second-order valence-corrected chi connectivity index (χ2v) is 6.03. The van der Waals surface area contributed by atoms with Crippen LogP contribution in [0.5, 0.6) is 5.88 Å². The molecule has 0 aliphatic carbocycles. The summed E-state index contributed by atoms with van der Waals surface area (Å²) in [5, 5.41) is 36.0. The molecule has 0 amide bonds. The molecule has 2 aromatic rings. The molecule has 1 aliphatic heterocycles. The van der Waals surface area contributed by atoms with Crippen molar-refractivity contribution >= 4 is 22.4 Å². The first-order valence-electron chi connectivity index (χ1n) is 8.06. The number of fused-ring (bicyclic) bond motifs is 1. The minimum Gasteiger partial charge on any atom is -0.453 e. The SMILES string of the molecule is CC(=O)O[C@@H]1[C@@H](Oc2n[nH]c(=O)c3c(N)cccc23)O[C@@H](CO)[C@H](O)[C@H]1O. The van der Waals surface area contributed by atoms with Crippen LogP contribution < -0.4 is 16.0 Å². The summed E-state index contributed by atoms with van der Waals surface area (Å²) in [4.78, 5) is 23.3. The number of esters is 1. The number of aliphatic hydroxyl groups is 3. The number of carbonyl (C=O) groups is 1. The molecule has 27 heavy (non-hydrogen) atoms. The van der Waals surface area contributed by atoms with Gasteiger partial charge in [0.25, 0.3) is 5.56 Å². The number of hydrogen-bond donors (Lipinski definition) is 5. The van der Waals surface area contributed by atoms with Gasteiger partial charge in [-0.1, -0.05) is 6.07 Å². The quantitative estimate of drug-likeness (QED) is 0.301. The number of carbonyl (C=O) groups excluding carboxylic acids is 1. The van der Waals surface area contributed by atoms with E-state index < -0.39 is 48.8 Å². The van der Waals surface area contributed by atoms with E-state index in [0.717, 1.165) is 6.92 Å². The number of aromatic nitrogens is 2. The van der Waals surface area contributed by atoms with E-state index in [1.807, 2.05) is 0 Å². The van der Waals surface area contributed by atoms with Crippen LogP contribution in [-0.2, 0) is 14.3 Å². The fraction of sp³-hybridized carbons (Fsp3) is 0.438. The molecule has 1 saturated heterocycles. The highest BCUT2D eigenvalue weighted by Crippen LogP contribution is 2.29. The first-order chi connectivity index (χ1) is 12.8. The van der Waals surface area contributed by atoms with Gasteiger partial charge in [0.1, 0.15) is 18.3 Å². The van der Waals surface area contributed by atoms with Crippen LogP contribution in [0.3, 0.4) is 0 Å². The predicted molar refractivity (Wildman–Crippen MR) is 90.7 cm³/mol. The Morgan fingerprint density at radius 3 is 2.78 bits per heavy atom. The smallest absolute Gasteiger partial charge is 0.303 e. The molecular weight excluding hydrogens is 362 g/mol. The molecule has 146 valence electrons. The number of hydrogen-bond acceptors (Lipinski definition) is 10. The molecule has 1 aromatic carbocycles. The van der Waals surface area contributed by atoms with Crippen LogP contribution in [0.1, 0.15) is 6.92 Å². The monoisotopic (exact) mass is 381 g/mol. The van der Waals surface area contributed by atoms with Gasteiger partial charge in [-0.2, -0.15) is 0 Å². The molecule has 0 saturated carbocycles. The topological polar surface area (TPSA) is 177 Å². The lowest BCUT2D eigenvalue weighted by molar-refractivity contribution is -0.282. The van der Waals surface area contributed by atoms with Gasteiger partial charge in [-0.05, 0) is 12.1 Å². The van der Waals surface area contributed by atoms with Crippen LogP contribution in [0.25, 0.3) is 10.8 Å². The minimum atomic E-state index is -1.58. The number of nitrogens with zero attached hydrogens (tertiary/aromatic N) is 1. The molecule has 0 radical (unpaired) electrons. The summed E-state index contributed by atoms with van der Waals surface area (Å²) in [6.45, 7) is 0.500. The molecule has 0 bridgehead atoms. The summed E-state index contributed by atoms with van der Waals surface area (Å²) in [5.74, 6) is -0.839. The molecule has 6 N–H and O–H groups in total. The van der Waals surface area contributed by atoms with Crippen LogP contribution in [0.2, 0.25) is 0 Å². The number of ether oxygens (including phenoxy) is 3. The van der Waals surface area contributed by atoms with Crippen molar-refractivity contribution in [3.63, 3.8) is 0 Å². The highest BCUT2D eigenvalue weighted by molar-refractivity contribution is 5.94. The third-order valence-corrected chi connectivity index (χ3v) is 4.17. The number of nitrogens with one attached hydrogen (secondary N) is 1. The number of aromatic amines is 1. The van der Waals surface area contributed by atoms with E-state index in [9.17, 15) is 24.9 Å². The van der Waals surface area contributed by atoms with Crippen molar-refractivity contribution in [2.24, 2.45) is 0 Å². The van der Waals surface area contributed by atoms with Gasteiger partial charge in [0.05, 0.1) is 17.4 Å². The average molecular weight is 381 g/mol. The van der Waals surface area contributed by atoms with Crippen molar-refractivity contribution in [2.45, 2.75) is 37.6 Å². The molecule has 5 atom stereocenters. The largest absolute Gasteiger partial charge is 0.453 e. The second kappa shape index (κ2) is 7.48. The van der Waals surface area contributed by atoms with Crippen molar-refractivity contribution in [3.8, 4) is 5.88 Å². The Morgan fingerprint density at radius 2 is 2.11 bits per heavy atom. The average Bonchev–Trinajstić information content (AvgIpc) is 2.63. The van der Waals surface area contributed by atoms with Crippen LogP contribution in [0.15, 0.2) is 23.0 Å². The fourth-order valence-electron chi connectivity index (χ4n) is 2.89. The highest BCUT2D eigenvalue weighted by atomic mass is 16.7. The minimum absolute atomic E-state index is 0.0978. The van der Waals surface area contributed by atoms with Crippen molar-refractivity contribution < 1.29 is 34.3 Å². The number of rotatable bonds is 4. The van der Waals surface area contributed by atoms with Gasteiger partial charge in [0, 0.05) is 12.6 Å². The van der Waals surface area contributed by atoms with Gasteiger partial charge in [0.2, 0.25) is 12.2 Å². The number of aliphatic hydroxyl groups excluding tert-OH is 3. The van der Waals surface area contributed by atoms with Crippen molar-refractivity contribution in [1.82, 2.24) is 10.2 Å². The Labute approximate surface area is 152 Å². The third kappa shape index (κ3) is 3.57. The number of benzene rings is 1. The Hall–Kier alpha value is -2.73. The van der Waals surface area contributed by atoms with E-state index in [4.69, 9.17) is 19.9 Å². The molecule has 11 nitrogen and oxygen atoms in total. The molecule has 0 unspecified atom stereocenters. The van der Waals surface area contributed by atoms with Gasteiger partial charge >= 0.3 is 5.97 Å². The van der Waals surface area contributed by atoms with Gasteiger partial charge < -0.3 is 35.3 Å². The molecule has 1 aromatic heterocycles. The van der Waals surface area contributed by atoms with Crippen LogP contribution >= 0.6 is 0 Å². The van der Waals surface area contributed by atoms with Crippen LogP contribution in [-0.4, -0.2) is 68.8 Å². The normalized spacial score (nSPS) is 28.1. The summed E-state index contributed by atoms with van der Waals surface area (Å²) in [7, 11) is 0. The Kier molecular flexibility index (Phi) is 5.28. The summed E-state index contributed by atoms with van der Waals surface area (Å²) in [6, 6.07) is 4.66. The first-order valence-corrected chi connectivity index (χ1v) is 8.06. The number of nitrogen functional groups attached to an aromatic ring is 1. The van der Waals surface area contributed by atoms with E-state index in [1.165, 1.54) is 6.07 Å². The van der Waals surface area contributed by atoms with E-state index in [1.54, 1.807) is 12.1 Å². The Bertz CT molecular complexity index is 901. The van der Waals surface area contributed by atoms with Gasteiger partial charge in [0.15, 0.2) is 6.10 Å². The lowest BCUT2D eigenvalue weighted by Gasteiger charge is -2.40. The first kappa shape index (κ1) is 19.0. The number of nitrogens with two attached hydrogens (primary N) is 1. The molecule has 1 aliphatic rings. The Morgan fingerprint density at radius 1 is 1.37 bits per heavy atom. The maximum absolute atomic E-state index is 12.0. The Balaban J connectivity index is 2.00. The zero-order chi connectivity index (χ0) is 19.7. The zero-order valence-electron chi connectivity index (χ0n) is 14.2. The molecular formula is C16H19N3O8. The van der Waals surface area contributed by atoms with Crippen molar-refractivity contribution in [2.75, 3.05) is 12.3 Å². The summed E-state index contributed by atoms with van der Waals surface area (Å²) in [6.07, 6.45) is -7.08. The predicted octanol–water partition coefficient (Wildman–Crippen LogP) is -1.75. The maximum atomic E-state index is 12.0. The number of anilines is 1. The lowest BCUT2D eigenvalue weighted by Crippen LogP contribution is -2.61. The molecule has 1 fully saturated rings. The highest BCUT2D eigenvalue weighted by Gasteiger charge is 2.48. The van der Waals surface area contributed by atoms with Crippen molar-refractivity contribution in [3.05, 3.63) is 28.6 Å². The van der Waals surface area contributed by atoms with E-state index in [-0.39, 0.29) is 22.3 Å². The van der Waals surface area contributed by atoms with Crippen LogP contribution in [0.4, 0.5) is 5.69 Å². The van der Waals surface area contributed by atoms with Gasteiger partial charge in [-0.25, -0.2) is 5.10 Å². The van der Waals surface area contributed by atoms with E-state index in [0.29, 0.717) is 0 Å². The lowest BCUT2D eigenvalue weighted by atomic mass is 9.99. The third-order valence-electron chi connectivity index (χ3n) is 4.17. The standard InChI is InChI=1S/C16H19N3O8/c1-6(21)25-13-12(23)11(22)9(5-20)26-16(13)27-15-7-3-2-4-8(17)10(7)14(24)18-19-15/h2-4,9,11-13,16,20,22-23H,5,17H2,1H3,(H,18,24)/t9-,11-,12+,13-,16+/m0/s1. The maximum Gasteiger partial charge on any atom is 0.303 e. The molecule has 11 heteroatoms. The summed E-state index contributed by atoms with van der Waals surface area (Å²) >= 11 is 0. The summed E-state index contributed by atoms with van der Waals surface area (Å²) < 4.78 is 16.1. The zero-order valence-corrected chi connectivity index (χ0v) is 14.2.